The van der Waals surface area contributed by atoms with Crippen LogP contribution in [0.3, 0.4) is 0 Å². The fourth-order valence-corrected chi connectivity index (χ4v) is 17.4. The summed E-state index contributed by atoms with van der Waals surface area (Å²) in [5.74, 6) is -19.5. The molecule has 1 unspecified atom stereocenters. The van der Waals surface area contributed by atoms with Gasteiger partial charge >= 0.3 is 0 Å². The molecule has 0 aliphatic carbocycles. The molecule has 714 valence electrons. The molecule has 3 fully saturated rings. The van der Waals surface area contributed by atoms with Crippen LogP contribution in [0.5, 0.6) is 5.75 Å². The van der Waals surface area contributed by atoms with Gasteiger partial charge in [-0.2, -0.15) is 0 Å². The van der Waals surface area contributed by atoms with Gasteiger partial charge in [0.15, 0.2) is 5.96 Å². The topological polar surface area (TPSA) is 658 Å². The number of phenolic OH excluding ortho intramolecular Hbond substituents is 1. The SMILES string of the molecule is CCCC[C@H]1C(=O)N(C)[C@@H](C)C(=O)N[C@@H](CCCNC(=N)N)C(=O)NC(C(=O)N[C@@H](CO)C(N)=O)CSCC(=O)N[C@@H](Cc2ccc(O)cc2)C(=O)N(C)[C@@H](C)C(=O)N[C@@H](CC(N)=O)C(=O)N2CCC[C@H]2C(=O)N[C@@H](CO)C(=O)N[C@@H](CC(C)C)C(=O)N2C[C@H](O)C[C@H]2C(=O)N[C@@H](Cc2c[nH]c3ccccc23)C(=O)N[C@@H](CO)C(=O)N[C@@H](Cc2csc3ccccc23)C(=O)N1C. The number of unbranched alkanes of at least 4 members (excludes halogenated alkanes) is 1. The second-order valence-electron chi connectivity index (χ2n) is 33.3. The number of H-pyrrole nitrogens is 1. The highest BCUT2D eigenvalue weighted by Crippen LogP contribution is 2.30. The fraction of sp³-hybridized carbons (Fsp3) is 0.535. The second-order valence-corrected chi connectivity index (χ2v) is 35.2. The van der Waals surface area contributed by atoms with Crippen LogP contribution in [0.25, 0.3) is 21.0 Å². The van der Waals surface area contributed by atoms with Crippen molar-refractivity contribution in [3.63, 3.8) is 0 Å². The van der Waals surface area contributed by atoms with Crippen LogP contribution in [0.2, 0.25) is 0 Å². The van der Waals surface area contributed by atoms with E-state index in [1.807, 2.05) is 13.0 Å². The van der Waals surface area contributed by atoms with Gasteiger partial charge in [-0.3, -0.25) is 86.9 Å². The minimum Gasteiger partial charge on any atom is -0.508 e. The maximum absolute atomic E-state index is 15.6. The number of aromatic amines is 1. The number of likely N-dealkylation sites (N-methyl/N-ethyl adjacent to an activating group) is 3. The lowest BCUT2D eigenvalue weighted by molar-refractivity contribution is -0.149. The average molecular weight is 1870 g/mol. The maximum atomic E-state index is 15.6. The average Bonchev–Trinajstić information content (AvgIpc) is 1.19. The number of hydrogen-bond acceptors (Lipinski definition) is 25. The van der Waals surface area contributed by atoms with Gasteiger partial charge in [0.2, 0.25) is 100 Å². The van der Waals surface area contributed by atoms with Gasteiger partial charge in [-0.25, -0.2) is 0 Å². The van der Waals surface area contributed by atoms with Crippen molar-refractivity contribution in [3.8, 4) is 5.75 Å². The van der Waals surface area contributed by atoms with Crippen LogP contribution in [-0.4, -0.2) is 330 Å². The van der Waals surface area contributed by atoms with E-state index in [-0.39, 0.29) is 76.6 Å². The number of nitrogens with two attached hydrogens (primary N) is 3. The number of carbonyl (C=O) groups excluding carboxylic acids is 17. The third kappa shape index (κ3) is 28.5. The number of benzene rings is 3. The summed E-state index contributed by atoms with van der Waals surface area (Å²) in [7, 11) is 3.75. The highest BCUT2D eigenvalue weighted by atomic mass is 32.2. The molecule has 131 heavy (non-hydrogen) atoms. The maximum Gasteiger partial charge on any atom is 0.246 e. The number of guanidine groups is 1. The van der Waals surface area contributed by atoms with Crippen LogP contribution in [0.1, 0.15) is 116 Å². The normalized spacial score (nSPS) is 25.4. The van der Waals surface area contributed by atoms with Crippen molar-refractivity contribution in [1.82, 2.24) is 88.0 Å². The molecule has 0 saturated carbocycles. The number of primary amides is 2. The zero-order valence-corrected chi connectivity index (χ0v) is 75.8. The first-order valence-corrected chi connectivity index (χ1v) is 45.2. The molecule has 17 amide bonds. The molecular formula is C86H121N21O22S2. The lowest BCUT2D eigenvalue weighted by Gasteiger charge is -2.35. The van der Waals surface area contributed by atoms with Crippen molar-refractivity contribution in [2.24, 2.45) is 23.1 Å². The Bertz CT molecular complexity index is 4960. The number of aliphatic hydroxyl groups is 4. The molecule has 43 nitrogen and oxygen atoms in total. The number of nitrogens with zero attached hydrogens (tertiary/aromatic N) is 5. The van der Waals surface area contributed by atoms with Crippen molar-refractivity contribution in [1.29, 1.82) is 5.41 Å². The molecule has 3 aliphatic rings. The van der Waals surface area contributed by atoms with Gasteiger partial charge < -0.3 is 131 Å². The largest absolute Gasteiger partial charge is 0.508 e. The van der Waals surface area contributed by atoms with Crippen molar-refractivity contribution >= 4 is 150 Å². The summed E-state index contributed by atoms with van der Waals surface area (Å²) in [6.45, 7) is 3.85. The van der Waals surface area contributed by atoms with Crippen molar-refractivity contribution in [2.45, 2.75) is 215 Å². The number of nitrogens with one attached hydrogen (secondary N) is 13. The molecule has 3 aromatic carbocycles. The van der Waals surface area contributed by atoms with E-state index in [4.69, 9.17) is 22.6 Å². The van der Waals surface area contributed by atoms with E-state index >= 15 is 28.8 Å². The number of fused-ring (bicyclic) bond motifs is 4. The summed E-state index contributed by atoms with van der Waals surface area (Å²) < 4.78 is 0.795. The number of aromatic nitrogens is 1. The Kier molecular flexibility index (Phi) is 38.7. The third-order valence-electron chi connectivity index (χ3n) is 23.2. The number of aromatic hydroxyl groups is 1. The van der Waals surface area contributed by atoms with Gasteiger partial charge in [-0.1, -0.05) is 82.1 Å². The highest BCUT2D eigenvalue weighted by molar-refractivity contribution is 8.00. The van der Waals surface area contributed by atoms with E-state index in [0.717, 1.165) is 29.2 Å². The van der Waals surface area contributed by atoms with E-state index in [0.29, 0.717) is 57.6 Å². The van der Waals surface area contributed by atoms with E-state index in [2.05, 4.69) is 63.5 Å². The Labute approximate surface area is 763 Å². The number of phenols is 1. The summed E-state index contributed by atoms with van der Waals surface area (Å²) >= 11 is 2.02. The molecular weight excluding hydrogens is 1740 g/mol. The number of carbonyl (C=O) groups is 17. The lowest BCUT2D eigenvalue weighted by atomic mass is 10.0. The Morgan fingerprint density at radius 1 is 0.580 bits per heavy atom. The van der Waals surface area contributed by atoms with E-state index in [9.17, 15) is 78.3 Å². The molecule has 5 heterocycles. The summed E-state index contributed by atoms with van der Waals surface area (Å²) in [5, 5.41) is 92.4. The first kappa shape index (κ1) is 104. The number of hydrogen-bond donors (Lipinski definition) is 21. The molecule has 45 heteroatoms. The summed E-state index contributed by atoms with van der Waals surface area (Å²) in [6, 6.07) is -4.86. The Hall–Kier alpha value is -12.6. The molecule has 24 N–H and O–H groups in total. The minimum absolute atomic E-state index is 0.00692. The number of rotatable bonds is 23. The zero-order valence-electron chi connectivity index (χ0n) is 74.2. The Morgan fingerprint density at radius 3 is 1.76 bits per heavy atom. The van der Waals surface area contributed by atoms with Gasteiger partial charge in [0.25, 0.3) is 0 Å². The van der Waals surface area contributed by atoms with Gasteiger partial charge in [-0.05, 0) is 110 Å². The molecule has 0 bridgehead atoms. The Morgan fingerprint density at radius 2 is 1.13 bits per heavy atom. The predicted octanol–water partition coefficient (Wildman–Crippen LogP) is -4.98. The zero-order chi connectivity index (χ0) is 96.4. The van der Waals surface area contributed by atoms with E-state index in [1.54, 1.807) is 67.9 Å². The first-order chi connectivity index (χ1) is 62.2. The monoisotopic (exact) mass is 1860 g/mol. The van der Waals surface area contributed by atoms with Crippen LogP contribution in [0, 0.1) is 11.3 Å². The van der Waals surface area contributed by atoms with E-state index in [1.165, 1.54) is 70.6 Å². The quantitative estimate of drug-likeness (QED) is 0.0165. The number of thioether (sulfide) groups is 1. The Balaban J connectivity index is 1.18. The molecule has 5 aromatic rings. The van der Waals surface area contributed by atoms with Crippen molar-refractivity contribution in [2.75, 3.05) is 72.1 Å². The lowest BCUT2D eigenvalue weighted by Crippen LogP contribution is -2.62. The highest BCUT2D eigenvalue weighted by Gasteiger charge is 2.47. The minimum atomic E-state index is -1.90. The first-order valence-electron chi connectivity index (χ1n) is 43.1. The second kappa shape index (κ2) is 48.9. The summed E-state index contributed by atoms with van der Waals surface area (Å²) in [6.07, 6.45) is -1.53. The van der Waals surface area contributed by atoms with Crippen LogP contribution < -0.4 is 75.7 Å². The molecule has 3 aliphatic heterocycles. The van der Waals surface area contributed by atoms with Gasteiger partial charge in [-0.15, -0.1) is 23.1 Å². The van der Waals surface area contributed by atoms with Gasteiger partial charge in [0.1, 0.15) is 96.4 Å². The molecule has 3 saturated heterocycles. The number of para-hydroxylation sites is 1. The standard InChI is InChI=1S/C86H121N21O22S2/c1-9-10-21-66-85(129)104(7)46(5)72(116)94-55(20-15-28-91-86(89)90)74(118)102-64(78(122)99-61(38-108)71(88)115)42-130-43-70(114)93-58(31-47-24-26-50(111)27-25-47)81(125)103(6)45(4)73(117)96-60(35-69(87)113)83(127)106-29-16-22-65(106)79(123)101-63(40-110)77(121)97-57(30-44(2)3)84(128)107-37-51(112)34-67(107)80(124)95-56(32-48-36-92-54-19-13-11-17-52(48)54)75(119)100-62(39-109)76(120)98-59(82(126)105(66)8)33-49-41-131-68-23-14-12-18-53(49)68/h11-14,17-19,23-27,36,41,44-46,51,55-67,92,108-112H,9-10,15-16,20-22,28-35,37-40,42-43H2,1-8H3,(H2,87,113)(H2,88,115)(H,93,114)(H,94,116)(H,95,124)(H,96,117)(H,97,121)(H,98,120)(H,99,122)(H,100,119)(H,101,123)(H,102,118)(H4,89,90,91)/t45-,46-,51+,55-,56-,57-,58-,59-,60-,61-,62-,63-,64?,65-,66-,67-/m0/s1. The predicted molar refractivity (Wildman–Crippen MR) is 480 cm³/mol. The molecule has 8 rings (SSSR count). The van der Waals surface area contributed by atoms with E-state index < -0.39 is 260 Å². The number of amides is 17. The van der Waals surface area contributed by atoms with Crippen molar-refractivity contribution in [3.05, 3.63) is 101 Å². The summed E-state index contributed by atoms with van der Waals surface area (Å²) in [4.78, 5) is 256. The summed E-state index contributed by atoms with van der Waals surface area (Å²) in [5.41, 5.74) is 18.7. The van der Waals surface area contributed by atoms with Crippen LogP contribution >= 0.6 is 23.1 Å². The van der Waals surface area contributed by atoms with Gasteiger partial charge in [0.05, 0.1) is 38.1 Å². The van der Waals surface area contributed by atoms with Crippen molar-refractivity contribution < 1.29 is 107 Å². The van der Waals surface area contributed by atoms with Gasteiger partial charge in [0, 0.05) is 94.0 Å². The molecule has 2 aromatic heterocycles. The van der Waals surface area contributed by atoms with Crippen LogP contribution in [0.4, 0.5) is 0 Å². The smallest absolute Gasteiger partial charge is 0.246 e. The molecule has 0 radical (unpaired) electrons. The molecule has 0 spiro atoms. The van der Waals surface area contributed by atoms with Crippen LogP contribution in [-0.2, 0) is 101 Å². The van der Waals surface area contributed by atoms with Crippen LogP contribution in [0.15, 0.2) is 84.4 Å². The number of thiophene rings is 1. The fourth-order valence-electron chi connectivity index (χ4n) is 15.6. The number of aliphatic hydroxyl groups excluding tert-OH is 4. The third-order valence-corrected chi connectivity index (χ3v) is 25.2. The molecule has 16 atom stereocenters.